The van der Waals surface area contributed by atoms with Crippen molar-refractivity contribution in [3.63, 3.8) is 0 Å². The summed E-state index contributed by atoms with van der Waals surface area (Å²) in [5.74, 6) is -0.735. The van der Waals surface area contributed by atoms with E-state index in [4.69, 9.17) is 14.2 Å². The molecular formula is C25H27N3O6. The maximum Gasteiger partial charge on any atom is 0.295 e. The molecule has 178 valence electrons. The molecule has 4 rings (SSSR count). The number of fused-ring (bicyclic) bond motifs is 1. The fourth-order valence-electron chi connectivity index (χ4n) is 4.39. The van der Waals surface area contributed by atoms with Crippen molar-refractivity contribution < 1.29 is 28.9 Å². The highest BCUT2D eigenvalue weighted by molar-refractivity contribution is 6.46. The number of aliphatic hydroxyl groups excluding tert-OH is 1. The number of imidazole rings is 1. The summed E-state index contributed by atoms with van der Waals surface area (Å²) in [5, 5.41) is 11.5. The SMILES string of the molecule is COCCCN1C(=O)C(=O)/C(=C(/O)c2c(C)nc3ccccn23)C1c1ccc(OC)c(OC)c1. The number of hydrogen-bond donors (Lipinski definition) is 1. The number of carbonyl (C=O) groups excluding carboxylic acids is 2. The molecule has 0 aliphatic carbocycles. The van der Waals surface area contributed by atoms with Crippen molar-refractivity contribution >= 4 is 23.1 Å². The van der Waals surface area contributed by atoms with Gasteiger partial charge in [0.2, 0.25) is 0 Å². The van der Waals surface area contributed by atoms with Gasteiger partial charge in [-0.05, 0) is 43.2 Å². The van der Waals surface area contributed by atoms with Gasteiger partial charge in [-0.15, -0.1) is 0 Å². The molecule has 1 N–H and O–H groups in total. The summed E-state index contributed by atoms with van der Waals surface area (Å²) >= 11 is 0. The minimum atomic E-state index is -0.815. The molecule has 3 aromatic rings. The molecule has 0 spiro atoms. The quantitative estimate of drug-likeness (QED) is 0.236. The van der Waals surface area contributed by atoms with Crippen LogP contribution in [0.15, 0.2) is 48.2 Å². The molecule has 1 aliphatic rings. The number of ketones is 1. The molecule has 1 unspecified atom stereocenters. The van der Waals surface area contributed by atoms with Gasteiger partial charge in [0, 0.05) is 26.5 Å². The number of aromatic nitrogens is 2. The Balaban J connectivity index is 1.92. The number of carbonyl (C=O) groups is 2. The Labute approximate surface area is 197 Å². The Kier molecular flexibility index (Phi) is 6.56. The van der Waals surface area contributed by atoms with E-state index in [9.17, 15) is 14.7 Å². The van der Waals surface area contributed by atoms with Crippen LogP contribution in [0.1, 0.15) is 29.4 Å². The summed E-state index contributed by atoms with van der Waals surface area (Å²) in [7, 11) is 4.62. The van der Waals surface area contributed by atoms with E-state index in [0.29, 0.717) is 47.1 Å². The summed E-state index contributed by atoms with van der Waals surface area (Å²) in [4.78, 5) is 32.3. The van der Waals surface area contributed by atoms with Crippen molar-refractivity contribution in [2.45, 2.75) is 19.4 Å². The number of pyridine rings is 1. The molecule has 3 heterocycles. The lowest BCUT2D eigenvalue weighted by Gasteiger charge is -2.26. The molecular weight excluding hydrogens is 438 g/mol. The zero-order chi connectivity index (χ0) is 24.4. The summed E-state index contributed by atoms with van der Waals surface area (Å²) < 4.78 is 17.6. The number of rotatable bonds is 8. The van der Waals surface area contributed by atoms with Gasteiger partial charge in [0.1, 0.15) is 11.3 Å². The van der Waals surface area contributed by atoms with Gasteiger partial charge in [0.15, 0.2) is 17.3 Å². The van der Waals surface area contributed by atoms with Crippen LogP contribution in [0.3, 0.4) is 0 Å². The van der Waals surface area contributed by atoms with Crippen molar-refractivity contribution in [2.24, 2.45) is 0 Å². The molecule has 0 radical (unpaired) electrons. The Bertz CT molecular complexity index is 1280. The second-order valence-corrected chi connectivity index (χ2v) is 7.93. The predicted molar refractivity (Wildman–Crippen MR) is 125 cm³/mol. The molecule has 2 aromatic heterocycles. The van der Waals surface area contributed by atoms with Crippen LogP contribution in [0.4, 0.5) is 0 Å². The van der Waals surface area contributed by atoms with Crippen LogP contribution in [0.2, 0.25) is 0 Å². The van der Waals surface area contributed by atoms with Crippen molar-refractivity contribution in [2.75, 3.05) is 34.5 Å². The van der Waals surface area contributed by atoms with Crippen LogP contribution in [0, 0.1) is 6.92 Å². The molecule has 1 saturated heterocycles. The zero-order valence-electron chi connectivity index (χ0n) is 19.6. The lowest BCUT2D eigenvalue weighted by Crippen LogP contribution is -2.31. The highest BCUT2D eigenvalue weighted by atomic mass is 16.5. The Morgan fingerprint density at radius 1 is 1.09 bits per heavy atom. The number of amides is 1. The first-order chi connectivity index (χ1) is 16.4. The van der Waals surface area contributed by atoms with Gasteiger partial charge in [-0.1, -0.05) is 12.1 Å². The Hall–Kier alpha value is -3.85. The lowest BCUT2D eigenvalue weighted by molar-refractivity contribution is -0.140. The number of benzene rings is 1. The van der Waals surface area contributed by atoms with Gasteiger partial charge in [-0.2, -0.15) is 0 Å². The normalized spacial score (nSPS) is 17.5. The van der Waals surface area contributed by atoms with Crippen molar-refractivity contribution in [1.29, 1.82) is 0 Å². The first-order valence-electron chi connectivity index (χ1n) is 10.9. The van der Waals surface area contributed by atoms with E-state index in [-0.39, 0.29) is 17.9 Å². The number of nitrogens with zero attached hydrogens (tertiary/aromatic N) is 3. The van der Waals surface area contributed by atoms with Crippen molar-refractivity contribution in [3.8, 4) is 11.5 Å². The van der Waals surface area contributed by atoms with E-state index in [2.05, 4.69) is 4.98 Å². The molecule has 34 heavy (non-hydrogen) atoms. The predicted octanol–water partition coefficient (Wildman–Crippen LogP) is 3.12. The molecule has 1 aliphatic heterocycles. The average molecular weight is 466 g/mol. The Morgan fingerprint density at radius 3 is 2.56 bits per heavy atom. The standard InChI is InChI=1S/C25H27N3O6/c1-15-21(27-11-6-5-8-19(27)26-15)23(29)20-22(16-9-10-17(33-3)18(14-16)34-4)28(12-7-13-32-2)25(31)24(20)30/h5-6,8-11,14,22,29H,7,12-13H2,1-4H3/b23-20+. The van der Waals surface area contributed by atoms with Crippen LogP contribution < -0.4 is 9.47 Å². The Morgan fingerprint density at radius 2 is 1.85 bits per heavy atom. The fourth-order valence-corrected chi connectivity index (χ4v) is 4.39. The molecule has 1 amide bonds. The van der Waals surface area contributed by atoms with E-state index in [1.165, 1.54) is 19.1 Å². The lowest BCUT2D eigenvalue weighted by atomic mass is 9.95. The highest BCUT2D eigenvalue weighted by Gasteiger charge is 2.46. The monoisotopic (exact) mass is 465 g/mol. The minimum Gasteiger partial charge on any atom is -0.505 e. The summed E-state index contributed by atoms with van der Waals surface area (Å²) in [5.41, 5.74) is 2.15. The molecule has 0 bridgehead atoms. The fraction of sp³-hybridized carbons (Fsp3) is 0.320. The smallest absolute Gasteiger partial charge is 0.295 e. The average Bonchev–Trinajstić information content (AvgIpc) is 3.31. The van der Waals surface area contributed by atoms with Crippen molar-refractivity contribution in [1.82, 2.24) is 14.3 Å². The van der Waals surface area contributed by atoms with Crippen LogP contribution in [-0.2, 0) is 14.3 Å². The van der Waals surface area contributed by atoms with Crippen LogP contribution in [-0.4, -0.2) is 65.6 Å². The molecule has 0 saturated carbocycles. The number of methoxy groups -OCH3 is 3. The number of ether oxygens (including phenoxy) is 3. The highest BCUT2D eigenvalue weighted by Crippen LogP contribution is 2.42. The summed E-state index contributed by atoms with van der Waals surface area (Å²) in [6.07, 6.45) is 2.28. The second-order valence-electron chi connectivity index (χ2n) is 7.93. The van der Waals surface area contributed by atoms with E-state index in [0.717, 1.165) is 0 Å². The summed E-state index contributed by atoms with van der Waals surface area (Å²) in [6.45, 7) is 2.45. The van der Waals surface area contributed by atoms with Gasteiger partial charge < -0.3 is 24.2 Å². The third-order valence-corrected chi connectivity index (χ3v) is 5.94. The molecule has 1 atom stereocenters. The van der Waals surface area contributed by atoms with Gasteiger partial charge in [-0.3, -0.25) is 14.0 Å². The third-order valence-electron chi connectivity index (χ3n) is 5.94. The number of aliphatic hydroxyl groups is 1. The number of aryl methyl sites for hydroxylation is 1. The van der Waals surface area contributed by atoms with Gasteiger partial charge in [0.25, 0.3) is 11.7 Å². The summed E-state index contributed by atoms with van der Waals surface area (Å²) in [6, 6.07) is 9.82. The van der Waals surface area contributed by atoms with E-state index in [1.54, 1.807) is 55.0 Å². The molecule has 1 fully saturated rings. The van der Waals surface area contributed by atoms with Gasteiger partial charge in [-0.25, -0.2) is 4.98 Å². The van der Waals surface area contributed by atoms with E-state index >= 15 is 0 Å². The molecule has 1 aromatic carbocycles. The van der Waals surface area contributed by atoms with Crippen LogP contribution >= 0.6 is 0 Å². The van der Waals surface area contributed by atoms with Crippen molar-refractivity contribution in [3.05, 3.63) is 65.1 Å². The second kappa shape index (κ2) is 9.56. The van der Waals surface area contributed by atoms with Gasteiger partial charge >= 0.3 is 0 Å². The first-order valence-corrected chi connectivity index (χ1v) is 10.9. The number of Topliss-reactive ketones (excluding diaryl/α,β-unsaturated/α-hetero) is 1. The topological polar surface area (TPSA) is 103 Å². The third kappa shape index (κ3) is 3.88. The van der Waals surface area contributed by atoms with E-state index in [1.807, 2.05) is 6.07 Å². The maximum atomic E-state index is 13.3. The first kappa shape index (κ1) is 23.3. The largest absolute Gasteiger partial charge is 0.505 e. The maximum absolute atomic E-state index is 13.3. The number of likely N-dealkylation sites (tertiary alicyclic amines) is 1. The molecule has 9 nitrogen and oxygen atoms in total. The van der Waals surface area contributed by atoms with E-state index < -0.39 is 17.7 Å². The van der Waals surface area contributed by atoms with Crippen LogP contribution in [0.5, 0.6) is 11.5 Å². The van der Waals surface area contributed by atoms with Crippen LogP contribution in [0.25, 0.3) is 11.4 Å². The number of hydrogen-bond acceptors (Lipinski definition) is 7. The molecule has 9 heteroatoms. The zero-order valence-corrected chi connectivity index (χ0v) is 19.6. The van der Waals surface area contributed by atoms with Gasteiger partial charge in [0.05, 0.1) is 31.5 Å². The minimum absolute atomic E-state index is 0.00314.